The lowest BCUT2D eigenvalue weighted by Crippen LogP contribution is -2.12. The molecule has 2 rings (SSSR count). The molecule has 78 valence electrons. The van der Waals surface area contributed by atoms with Gasteiger partial charge in [0.15, 0.2) is 0 Å². The molecule has 15 heavy (non-hydrogen) atoms. The molecule has 0 saturated carbocycles. The van der Waals surface area contributed by atoms with E-state index in [1.807, 2.05) is 5.38 Å². The molecule has 8 heteroatoms. The number of nitrogens with zero attached hydrogens (tertiary/aromatic N) is 4. The van der Waals surface area contributed by atoms with E-state index in [-0.39, 0.29) is 11.9 Å². The van der Waals surface area contributed by atoms with Crippen molar-refractivity contribution in [2.24, 2.45) is 7.05 Å². The van der Waals surface area contributed by atoms with E-state index in [4.69, 9.17) is 0 Å². The van der Waals surface area contributed by atoms with Crippen LogP contribution in [-0.4, -0.2) is 26.1 Å². The average molecular weight is 288 g/mol. The maximum atomic E-state index is 11.7. The summed E-state index contributed by atoms with van der Waals surface area (Å²) in [7, 11) is 1.63. The molecule has 2 heterocycles. The van der Waals surface area contributed by atoms with Crippen molar-refractivity contribution in [2.75, 3.05) is 5.32 Å². The van der Waals surface area contributed by atoms with Gasteiger partial charge in [-0.25, -0.2) is 0 Å². The molecule has 1 N–H and O–H groups in total. The molecular weight excluding hydrogens is 282 g/mol. The molecule has 2 aromatic rings. The summed E-state index contributed by atoms with van der Waals surface area (Å²) >= 11 is 4.71. The number of hydrogen-bond donors (Lipinski definition) is 1. The Hall–Kier alpha value is -1.28. The van der Waals surface area contributed by atoms with Gasteiger partial charge in [0.25, 0.3) is 11.9 Å². The van der Waals surface area contributed by atoms with Gasteiger partial charge in [0.2, 0.25) is 0 Å². The van der Waals surface area contributed by atoms with E-state index < -0.39 is 0 Å². The lowest BCUT2D eigenvalue weighted by Gasteiger charge is -1.97. The summed E-state index contributed by atoms with van der Waals surface area (Å²) in [5, 5.41) is 17.2. The van der Waals surface area contributed by atoms with Crippen molar-refractivity contribution < 1.29 is 4.79 Å². The van der Waals surface area contributed by atoms with Crippen LogP contribution < -0.4 is 5.32 Å². The van der Waals surface area contributed by atoms with E-state index >= 15 is 0 Å². The second-order valence-corrected chi connectivity index (χ2v) is 4.29. The third-order valence-corrected chi connectivity index (χ3v) is 3.30. The number of nitrogens with one attached hydrogen (secondary N) is 1. The van der Waals surface area contributed by atoms with Crippen LogP contribution in [0.25, 0.3) is 0 Å². The van der Waals surface area contributed by atoms with Gasteiger partial charge in [-0.2, -0.15) is 16.1 Å². The molecule has 0 atom stereocenters. The number of rotatable bonds is 2. The summed E-state index contributed by atoms with van der Waals surface area (Å²) in [6.45, 7) is 0. The molecule has 0 fully saturated rings. The Labute approximate surface area is 97.4 Å². The zero-order chi connectivity index (χ0) is 10.8. The zero-order valence-electron chi connectivity index (χ0n) is 7.64. The minimum Gasteiger partial charge on any atom is -0.288 e. The maximum absolute atomic E-state index is 11.7. The minimum atomic E-state index is -0.254. The Bertz CT molecular complexity index is 493. The van der Waals surface area contributed by atoms with Gasteiger partial charge in [0, 0.05) is 15.2 Å². The minimum absolute atomic E-state index is 0.195. The van der Waals surface area contributed by atoms with E-state index in [1.54, 1.807) is 12.4 Å². The summed E-state index contributed by atoms with van der Waals surface area (Å²) < 4.78 is 0.758. The van der Waals surface area contributed by atoms with E-state index in [9.17, 15) is 4.79 Å². The van der Waals surface area contributed by atoms with Gasteiger partial charge < -0.3 is 0 Å². The van der Waals surface area contributed by atoms with Crippen LogP contribution in [0.2, 0.25) is 0 Å². The number of aromatic nitrogens is 4. The van der Waals surface area contributed by atoms with E-state index in [1.165, 1.54) is 16.1 Å². The first-order valence-electron chi connectivity index (χ1n) is 3.94. The van der Waals surface area contributed by atoms with Crippen LogP contribution in [0.4, 0.5) is 5.95 Å². The molecule has 6 nitrogen and oxygen atoms in total. The molecular formula is C7H6BrN5OS. The summed E-state index contributed by atoms with van der Waals surface area (Å²) in [6.07, 6.45) is 0. The smallest absolute Gasteiger partial charge is 0.270 e. The topological polar surface area (TPSA) is 72.7 Å². The predicted octanol–water partition coefficient (Wildman–Crippen LogP) is 1.29. The van der Waals surface area contributed by atoms with Crippen LogP contribution >= 0.6 is 27.3 Å². The monoisotopic (exact) mass is 287 g/mol. The van der Waals surface area contributed by atoms with Gasteiger partial charge in [0.1, 0.15) is 0 Å². The number of hydrogen-bond acceptors (Lipinski definition) is 5. The normalized spacial score (nSPS) is 10.3. The van der Waals surface area contributed by atoms with Crippen molar-refractivity contribution in [2.45, 2.75) is 0 Å². The molecule has 0 unspecified atom stereocenters. The van der Waals surface area contributed by atoms with E-state index in [0.717, 1.165) is 4.47 Å². The molecule has 0 aliphatic carbocycles. The number of tetrazole rings is 1. The maximum Gasteiger partial charge on any atom is 0.270 e. The largest absolute Gasteiger partial charge is 0.288 e. The number of amides is 1. The van der Waals surface area contributed by atoms with Crippen LogP contribution in [0.3, 0.4) is 0 Å². The van der Waals surface area contributed by atoms with Gasteiger partial charge >= 0.3 is 0 Å². The van der Waals surface area contributed by atoms with Gasteiger partial charge in [-0.05, 0) is 21.1 Å². The number of halogens is 1. The van der Waals surface area contributed by atoms with E-state index in [0.29, 0.717) is 5.56 Å². The van der Waals surface area contributed by atoms with E-state index in [2.05, 4.69) is 36.7 Å². The number of aryl methyl sites for hydroxylation is 1. The standard InChI is InChI=1S/C7H6BrN5OS/c1-13-11-7(10-12-13)9-6(14)4-2-15-3-5(4)8/h2-3H,1H3,(H,9,11,14). The number of anilines is 1. The van der Waals surface area contributed by atoms with Crippen LogP contribution in [0, 0.1) is 0 Å². The second kappa shape index (κ2) is 4.07. The van der Waals surface area contributed by atoms with Crippen molar-refractivity contribution in [1.29, 1.82) is 0 Å². The van der Waals surface area contributed by atoms with Crippen molar-refractivity contribution in [1.82, 2.24) is 20.2 Å². The molecule has 0 spiro atoms. The van der Waals surface area contributed by atoms with Crippen LogP contribution in [-0.2, 0) is 7.05 Å². The molecule has 0 saturated heterocycles. The molecule has 1 amide bonds. The highest BCUT2D eigenvalue weighted by Crippen LogP contribution is 2.21. The summed E-state index contributed by atoms with van der Waals surface area (Å²) in [5.74, 6) is -0.0586. The average Bonchev–Trinajstić information content (AvgIpc) is 2.75. The SMILES string of the molecule is Cn1nnc(NC(=O)c2cscc2Br)n1. The van der Waals surface area contributed by atoms with Gasteiger partial charge in [-0.3, -0.25) is 10.1 Å². The number of carbonyl (C=O) groups is 1. The fourth-order valence-electron chi connectivity index (χ4n) is 0.947. The highest BCUT2D eigenvalue weighted by atomic mass is 79.9. The molecule has 0 aromatic carbocycles. The Morgan fingerprint density at radius 3 is 2.93 bits per heavy atom. The molecule has 0 radical (unpaired) electrons. The second-order valence-electron chi connectivity index (χ2n) is 2.69. The van der Waals surface area contributed by atoms with Crippen molar-refractivity contribution >= 4 is 39.1 Å². The number of thiophene rings is 1. The predicted molar refractivity (Wildman–Crippen MR) is 58.8 cm³/mol. The summed E-state index contributed by atoms with van der Waals surface area (Å²) in [5.41, 5.74) is 0.562. The van der Waals surface area contributed by atoms with Crippen LogP contribution in [0.1, 0.15) is 10.4 Å². The molecule has 0 aliphatic heterocycles. The highest BCUT2D eigenvalue weighted by molar-refractivity contribution is 9.10. The lowest BCUT2D eigenvalue weighted by atomic mass is 10.3. The Morgan fingerprint density at radius 2 is 2.40 bits per heavy atom. The van der Waals surface area contributed by atoms with Gasteiger partial charge in [-0.15, -0.1) is 5.10 Å². The molecule has 2 aromatic heterocycles. The first-order chi connectivity index (χ1) is 7.16. The highest BCUT2D eigenvalue weighted by Gasteiger charge is 2.12. The zero-order valence-corrected chi connectivity index (χ0v) is 10.0. The fraction of sp³-hybridized carbons (Fsp3) is 0.143. The van der Waals surface area contributed by atoms with Crippen molar-refractivity contribution in [3.63, 3.8) is 0 Å². The third kappa shape index (κ3) is 2.21. The Kier molecular flexibility index (Phi) is 2.78. The first kappa shape index (κ1) is 10.2. The third-order valence-electron chi connectivity index (χ3n) is 1.59. The quantitative estimate of drug-likeness (QED) is 0.903. The van der Waals surface area contributed by atoms with Gasteiger partial charge in [0.05, 0.1) is 12.6 Å². The van der Waals surface area contributed by atoms with Crippen LogP contribution in [0.15, 0.2) is 15.2 Å². The van der Waals surface area contributed by atoms with Crippen LogP contribution in [0.5, 0.6) is 0 Å². The number of carbonyl (C=O) groups excluding carboxylic acids is 1. The fourth-order valence-corrected chi connectivity index (χ4v) is 2.40. The van der Waals surface area contributed by atoms with Crippen molar-refractivity contribution in [3.05, 3.63) is 20.8 Å². The van der Waals surface area contributed by atoms with Gasteiger partial charge in [-0.1, -0.05) is 5.10 Å². The molecule has 0 bridgehead atoms. The Balaban J connectivity index is 2.14. The Morgan fingerprint density at radius 1 is 1.60 bits per heavy atom. The first-order valence-corrected chi connectivity index (χ1v) is 5.67. The summed E-state index contributed by atoms with van der Waals surface area (Å²) in [6, 6.07) is 0. The van der Waals surface area contributed by atoms with Crippen molar-refractivity contribution in [3.8, 4) is 0 Å². The molecule has 0 aliphatic rings. The lowest BCUT2D eigenvalue weighted by molar-refractivity contribution is 0.102. The summed E-state index contributed by atoms with van der Waals surface area (Å²) in [4.78, 5) is 12.9.